The van der Waals surface area contributed by atoms with E-state index in [4.69, 9.17) is 0 Å². The number of carbonyl (C=O) groups is 1. The molecular formula is C15H21ClN2O. The molecule has 0 radical (unpaired) electrons. The van der Waals surface area contributed by atoms with Gasteiger partial charge in [-0.2, -0.15) is 0 Å². The van der Waals surface area contributed by atoms with E-state index in [-0.39, 0.29) is 18.3 Å². The summed E-state index contributed by atoms with van der Waals surface area (Å²) in [6, 6.07) is 9.36. The van der Waals surface area contributed by atoms with Crippen LogP contribution in [0.5, 0.6) is 0 Å². The maximum absolute atomic E-state index is 12.1. The number of benzene rings is 1. The number of carbonyl (C=O) groups excluding carboxylic acids is 1. The summed E-state index contributed by atoms with van der Waals surface area (Å²) in [5.41, 5.74) is 1.96. The van der Waals surface area contributed by atoms with E-state index in [1.165, 1.54) is 18.4 Å². The molecule has 104 valence electrons. The molecule has 2 aliphatic heterocycles. The maximum Gasteiger partial charge on any atom is 0.251 e. The van der Waals surface area contributed by atoms with Gasteiger partial charge in [-0.25, -0.2) is 0 Å². The van der Waals surface area contributed by atoms with Crippen LogP contribution < -0.4 is 10.6 Å². The number of amides is 1. The highest BCUT2D eigenvalue weighted by molar-refractivity contribution is 5.94. The molecule has 2 bridgehead atoms. The van der Waals surface area contributed by atoms with Crippen LogP contribution in [0.15, 0.2) is 24.3 Å². The van der Waals surface area contributed by atoms with E-state index in [1.807, 2.05) is 31.2 Å². The monoisotopic (exact) mass is 280 g/mol. The molecule has 3 rings (SSSR count). The van der Waals surface area contributed by atoms with Gasteiger partial charge in [0.25, 0.3) is 5.91 Å². The Kier molecular flexibility index (Phi) is 4.48. The first kappa shape index (κ1) is 14.4. The van der Waals surface area contributed by atoms with E-state index in [0.717, 1.165) is 18.4 Å². The molecule has 2 unspecified atom stereocenters. The summed E-state index contributed by atoms with van der Waals surface area (Å²) in [6.07, 6.45) is 4.69. The molecule has 2 fully saturated rings. The van der Waals surface area contributed by atoms with Crippen molar-refractivity contribution in [2.45, 2.75) is 50.7 Å². The van der Waals surface area contributed by atoms with Gasteiger partial charge in [-0.3, -0.25) is 4.79 Å². The van der Waals surface area contributed by atoms with Crippen molar-refractivity contribution >= 4 is 18.3 Å². The van der Waals surface area contributed by atoms with Crippen LogP contribution >= 0.6 is 12.4 Å². The zero-order chi connectivity index (χ0) is 12.5. The first-order chi connectivity index (χ1) is 8.70. The van der Waals surface area contributed by atoms with Crippen LogP contribution in [0.3, 0.4) is 0 Å². The molecule has 0 saturated carbocycles. The second-order valence-corrected chi connectivity index (χ2v) is 5.65. The van der Waals surface area contributed by atoms with E-state index in [0.29, 0.717) is 18.1 Å². The molecule has 0 spiro atoms. The molecule has 2 atom stereocenters. The molecule has 19 heavy (non-hydrogen) atoms. The van der Waals surface area contributed by atoms with Gasteiger partial charge in [0.1, 0.15) is 0 Å². The highest BCUT2D eigenvalue weighted by Gasteiger charge is 2.33. The van der Waals surface area contributed by atoms with Gasteiger partial charge in [-0.05, 0) is 44.7 Å². The first-order valence-corrected chi connectivity index (χ1v) is 6.84. The van der Waals surface area contributed by atoms with Crippen LogP contribution in [0.25, 0.3) is 0 Å². The molecule has 0 aliphatic carbocycles. The summed E-state index contributed by atoms with van der Waals surface area (Å²) < 4.78 is 0. The summed E-state index contributed by atoms with van der Waals surface area (Å²) in [4.78, 5) is 12.1. The Morgan fingerprint density at radius 3 is 2.32 bits per heavy atom. The Balaban J connectivity index is 0.00000133. The zero-order valence-corrected chi connectivity index (χ0v) is 12.0. The first-order valence-electron chi connectivity index (χ1n) is 6.84. The van der Waals surface area contributed by atoms with Gasteiger partial charge in [0.15, 0.2) is 0 Å². The lowest BCUT2D eigenvalue weighted by Crippen LogP contribution is -2.48. The number of piperidine rings is 1. The van der Waals surface area contributed by atoms with Gasteiger partial charge in [0.05, 0.1) is 0 Å². The highest BCUT2D eigenvalue weighted by atomic mass is 35.5. The molecule has 0 aromatic heterocycles. The fourth-order valence-corrected chi connectivity index (χ4v) is 3.15. The molecular weight excluding hydrogens is 260 g/mol. The van der Waals surface area contributed by atoms with E-state index < -0.39 is 0 Å². The normalized spacial score (nSPS) is 28.6. The number of halogens is 1. The molecule has 2 saturated heterocycles. The standard InChI is InChI=1S/C15H20N2O.ClH/c1-10-2-4-11(5-3-10)15(18)17-14-8-12-6-7-13(9-14)16-12;/h2-5,12-14,16H,6-9H2,1H3,(H,17,18);1H. The number of nitrogens with one attached hydrogen (secondary N) is 2. The summed E-state index contributed by atoms with van der Waals surface area (Å²) in [5, 5.41) is 6.77. The van der Waals surface area contributed by atoms with Crippen molar-refractivity contribution in [3.8, 4) is 0 Å². The molecule has 1 aromatic rings. The number of hydrogen-bond donors (Lipinski definition) is 2. The van der Waals surface area contributed by atoms with Crippen molar-refractivity contribution in [2.75, 3.05) is 0 Å². The van der Waals surface area contributed by atoms with E-state index in [9.17, 15) is 4.79 Å². The molecule has 4 heteroatoms. The number of rotatable bonds is 2. The van der Waals surface area contributed by atoms with Crippen molar-refractivity contribution in [1.82, 2.24) is 10.6 Å². The van der Waals surface area contributed by atoms with Gasteiger partial charge >= 0.3 is 0 Å². The minimum Gasteiger partial charge on any atom is -0.349 e. The van der Waals surface area contributed by atoms with Gasteiger partial charge in [0, 0.05) is 23.7 Å². The predicted octanol–water partition coefficient (Wildman–Crippen LogP) is 2.43. The fraction of sp³-hybridized carbons (Fsp3) is 0.533. The van der Waals surface area contributed by atoms with Gasteiger partial charge in [-0.15, -0.1) is 12.4 Å². The highest BCUT2D eigenvalue weighted by Crippen LogP contribution is 2.26. The molecule has 2 N–H and O–H groups in total. The van der Waals surface area contributed by atoms with Crippen LogP contribution in [0.4, 0.5) is 0 Å². The van der Waals surface area contributed by atoms with Crippen molar-refractivity contribution in [3.63, 3.8) is 0 Å². The van der Waals surface area contributed by atoms with Gasteiger partial charge in [0.2, 0.25) is 0 Å². The van der Waals surface area contributed by atoms with Crippen LogP contribution in [0.2, 0.25) is 0 Å². The second-order valence-electron chi connectivity index (χ2n) is 5.65. The van der Waals surface area contributed by atoms with Crippen LogP contribution in [-0.2, 0) is 0 Å². The molecule has 1 aromatic carbocycles. The van der Waals surface area contributed by atoms with Gasteiger partial charge in [-0.1, -0.05) is 17.7 Å². The van der Waals surface area contributed by atoms with Gasteiger partial charge < -0.3 is 10.6 Å². The third kappa shape index (κ3) is 3.28. The minimum absolute atomic E-state index is 0. The number of aryl methyl sites for hydroxylation is 1. The molecule has 2 heterocycles. The maximum atomic E-state index is 12.1. The summed E-state index contributed by atoms with van der Waals surface area (Å²) in [6.45, 7) is 2.03. The Hall–Kier alpha value is -1.06. The van der Waals surface area contributed by atoms with Crippen LogP contribution in [0, 0.1) is 6.92 Å². The minimum atomic E-state index is 0. The zero-order valence-electron chi connectivity index (χ0n) is 11.2. The SMILES string of the molecule is Cc1ccc(C(=O)NC2CC3CCC(C2)N3)cc1.Cl. The third-order valence-corrected chi connectivity index (χ3v) is 4.12. The quantitative estimate of drug-likeness (QED) is 0.874. The lowest BCUT2D eigenvalue weighted by molar-refractivity contribution is 0.0924. The predicted molar refractivity (Wildman–Crippen MR) is 78.9 cm³/mol. The second kappa shape index (κ2) is 5.93. The summed E-state index contributed by atoms with van der Waals surface area (Å²) in [7, 11) is 0. The van der Waals surface area contributed by atoms with Crippen molar-refractivity contribution in [2.24, 2.45) is 0 Å². The fourth-order valence-electron chi connectivity index (χ4n) is 3.15. The largest absolute Gasteiger partial charge is 0.349 e. The topological polar surface area (TPSA) is 41.1 Å². The van der Waals surface area contributed by atoms with E-state index in [2.05, 4.69) is 10.6 Å². The smallest absolute Gasteiger partial charge is 0.251 e. The van der Waals surface area contributed by atoms with Crippen LogP contribution in [0.1, 0.15) is 41.6 Å². The summed E-state index contributed by atoms with van der Waals surface area (Å²) in [5.74, 6) is 0.0706. The Bertz CT molecular complexity index is 434. The lowest BCUT2D eigenvalue weighted by Gasteiger charge is -2.29. The molecule has 3 nitrogen and oxygen atoms in total. The molecule has 2 aliphatic rings. The van der Waals surface area contributed by atoms with Crippen molar-refractivity contribution < 1.29 is 4.79 Å². The van der Waals surface area contributed by atoms with Crippen molar-refractivity contribution in [3.05, 3.63) is 35.4 Å². The van der Waals surface area contributed by atoms with E-state index in [1.54, 1.807) is 0 Å². The Labute approximate surface area is 120 Å². The average Bonchev–Trinajstić information content (AvgIpc) is 2.69. The number of fused-ring (bicyclic) bond motifs is 2. The Morgan fingerprint density at radius 2 is 1.74 bits per heavy atom. The lowest BCUT2D eigenvalue weighted by atomic mass is 9.99. The number of hydrogen-bond acceptors (Lipinski definition) is 2. The average molecular weight is 281 g/mol. The van der Waals surface area contributed by atoms with Crippen LogP contribution in [-0.4, -0.2) is 24.0 Å². The Morgan fingerprint density at radius 1 is 1.16 bits per heavy atom. The van der Waals surface area contributed by atoms with E-state index >= 15 is 0 Å². The molecule has 1 amide bonds. The van der Waals surface area contributed by atoms with Crippen molar-refractivity contribution in [1.29, 1.82) is 0 Å². The third-order valence-electron chi connectivity index (χ3n) is 4.12. The summed E-state index contributed by atoms with van der Waals surface area (Å²) >= 11 is 0.